The largest absolute Gasteiger partial charge is 0.465 e. The predicted octanol–water partition coefficient (Wildman–Crippen LogP) is 2.77. The molecule has 1 aromatic carbocycles. The van der Waals surface area contributed by atoms with Crippen molar-refractivity contribution in [1.29, 1.82) is 0 Å². The van der Waals surface area contributed by atoms with Crippen molar-refractivity contribution in [2.75, 3.05) is 6.61 Å². The molecule has 3 nitrogen and oxygen atoms in total. The molecule has 0 unspecified atom stereocenters. The monoisotopic (exact) mass is 271 g/mol. The first kappa shape index (κ1) is 13.4. The van der Waals surface area contributed by atoms with Crippen molar-refractivity contribution in [2.24, 2.45) is 5.92 Å². The molecule has 1 aromatic rings. The van der Waals surface area contributed by atoms with Gasteiger partial charge in [-0.2, -0.15) is 0 Å². The molecule has 0 saturated carbocycles. The van der Waals surface area contributed by atoms with Gasteiger partial charge in [0.05, 0.1) is 6.61 Å². The Bertz CT molecular complexity index is 497. The first-order valence-electron chi connectivity index (χ1n) is 7.44. The highest BCUT2D eigenvalue weighted by molar-refractivity contribution is 5.77. The summed E-state index contributed by atoms with van der Waals surface area (Å²) in [6.07, 6.45) is 6.70. The van der Waals surface area contributed by atoms with E-state index in [0.29, 0.717) is 18.6 Å². The van der Waals surface area contributed by atoms with Gasteiger partial charge in [0.15, 0.2) is 0 Å². The minimum absolute atomic E-state index is 0.0671. The molecule has 2 bridgehead atoms. The van der Waals surface area contributed by atoms with Crippen LogP contribution >= 0.6 is 0 Å². The molecule has 2 aliphatic heterocycles. The smallest absolute Gasteiger partial charge is 0.323 e. The normalized spacial score (nSPS) is 28.6. The lowest BCUT2D eigenvalue weighted by Crippen LogP contribution is -2.56. The third-order valence-electron chi connectivity index (χ3n) is 4.30. The molecule has 1 saturated heterocycles. The molecule has 1 fully saturated rings. The molecule has 0 amide bonds. The lowest BCUT2D eigenvalue weighted by molar-refractivity contribution is -0.154. The van der Waals surface area contributed by atoms with Crippen LogP contribution in [0.25, 0.3) is 0 Å². The van der Waals surface area contributed by atoms with Crippen molar-refractivity contribution in [3.8, 4) is 0 Å². The van der Waals surface area contributed by atoms with Gasteiger partial charge in [0, 0.05) is 18.5 Å². The number of carbonyl (C=O) groups is 1. The third-order valence-corrected chi connectivity index (χ3v) is 4.30. The van der Waals surface area contributed by atoms with Crippen LogP contribution in [0.15, 0.2) is 42.5 Å². The van der Waals surface area contributed by atoms with Crippen molar-refractivity contribution in [1.82, 2.24) is 4.90 Å². The number of hydrogen-bond donors (Lipinski definition) is 0. The van der Waals surface area contributed by atoms with E-state index in [1.54, 1.807) is 0 Å². The lowest BCUT2D eigenvalue weighted by atomic mass is 9.79. The maximum atomic E-state index is 12.3. The molecule has 3 atom stereocenters. The number of nitrogens with zero attached hydrogens (tertiary/aromatic N) is 1. The standard InChI is InChI=1S/C17H21NO2/c1-2-20-17(19)16-14-8-10-15(11-9-14)18(16)12-13-6-4-3-5-7-13/h3-8,10,14-16H,2,9,11-12H2,1H3/t14-,15-,16+/m0/s1. The Morgan fingerprint density at radius 1 is 1.25 bits per heavy atom. The average molecular weight is 271 g/mol. The Labute approximate surface area is 120 Å². The van der Waals surface area contributed by atoms with Gasteiger partial charge in [-0.1, -0.05) is 42.5 Å². The topological polar surface area (TPSA) is 29.5 Å². The number of ether oxygens (including phenoxy) is 1. The summed E-state index contributed by atoms with van der Waals surface area (Å²) < 4.78 is 5.29. The van der Waals surface area contributed by atoms with Gasteiger partial charge in [-0.05, 0) is 25.3 Å². The predicted molar refractivity (Wildman–Crippen MR) is 78.1 cm³/mol. The molecule has 2 heterocycles. The van der Waals surface area contributed by atoms with Crippen molar-refractivity contribution < 1.29 is 9.53 Å². The summed E-state index contributed by atoms with van der Waals surface area (Å²) in [6.45, 7) is 3.14. The van der Waals surface area contributed by atoms with Gasteiger partial charge in [0.1, 0.15) is 6.04 Å². The zero-order valence-electron chi connectivity index (χ0n) is 11.9. The van der Waals surface area contributed by atoms with Gasteiger partial charge in [-0.3, -0.25) is 9.69 Å². The molecule has 20 heavy (non-hydrogen) atoms. The quantitative estimate of drug-likeness (QED) is 0.623. The van der Waals surface area contributed by atoms with Crippen molar-refractivity contribution in [3.63, 3.8) is 0 Å². The van der Waals surface area contributed by atoms with Gasteiger partial charge >= 0.3 is 5.97 Å². The van der Waals surface area contributed by atoms with Gasteiger partial charge < -0.3 is 4.74 Å². The van der Waals surface area contributed by atoms with Gasteiger partial charge in [-0.25, -0.2) is 0 Å². The fourth-order valence-corrected chi connectivity index (χ4v) is 3.37. The van der Waals surface area contributed by atoms with Gasteiger partial charge in [0.2, 0.25) is 0 Å². The van der Waals surface area contributed by atoms with Crippen molar-refractivity contribution in [3.05, 3.63) is 48.0 Å². The molecule has 3 aliphatic rings. The van der Waals surface area contributed by atoms with Crippen LogP contribution in [-0.2, 0) is 16.1 Å². The van der Waals surface area contributed by atoms with Crippen LogP contribution in [0.3, 0.4) is 0 Å². The maximum absolute atomic E-state index is 12.3. The van der Waals surface area contributed by atoms with Crippen LogP contribution < -0.4 is 0 Å². The minimum Gasteiger partial charge on any atom is -0.465 e. The molecule has 0 radical (unpaired) electrons. The highest BCUT2D eigenvalue weighted by Crippen LogP contribution is 2.36. The number of carbonyl (C=O) groups excluding carboxylic acids is 1. The summed E-state index contributed by atoms with van der Waals surface area (Å²) in [6, 6.07) is 10.6. The summed E-state index contributed by atoms with van der Waals surface area (Å²) in [5.74, 6) is 0.241. The second-order valence-electron chi connectivity index (χ2n) is 5.55. The highest BCUT2D eigenvalue weighted by Gasteiger charge is 2.43. The fourth-order valence-electron chi connectivity index (χ4n) is 3.37. The van der Waals surface area contributed by atoms with Crippen LogP contribution in [0.1, 0.15) is 25.3 Å². The molecule has 106 valence electrons. The van der Waals surface area contributed by atoms with E-state index in [-0.39, 0.29) is 12.0 Å². The highest BCUT2D eigenvalue weighted by atomic mass is 16.5. The van der Waals surface area contributed by atoms with E-state index in [2.05, 4.69) is 29.2 Å². The van der Waals surface area contributed by atoms with E-state index in [4.69, 9.17) is 4.74 Å². The van der Waals surface area contributed by atoms with E-state index < -0.39 is 0 Å². The SMILES string of the molecule is CCOC(=O)[C@H]1[C@H]2C=C[C@@H](CC2)N1Cc1ccccc1. The molecule has 0 aromatic heterocycles. The molecule has 1 aliphatic carbocycles. The molecule has 0 N–H and O–H groups in total. The number of rotatable bonds is 4. The molecule has 0 spiro atoms. The summed E-state index contributed by atoms with van der Waals surface area (Å²) in [5, 5.41) is 0. The van der Waals surface area contributed by atoms with Crippen LogP contribution in [-0.4, -0.2) is 29.6 Å². The van der Waals surface area contributed by atoms with E-state index in [1.807, 2.05) is 25.1 Å². The summed E-state index contributed by atoms with van der Waals surface area (Å²) in [4.78, 5) is 14.6. The van der Waals surface area contributed by atoms with Crippen LogP contribution in [0, 0.1) is 5.92 Å². The Hall–Kier alpha value is -1.61. The van der Waals surface area contributed by atoms with Crippen molar-refractivity contribution in [2.45, 2.75) is 38.4 Å². The minimum atomic E-state index is -0.112. The molecule has 4 rings (SSSR count). The van der Waals surface area contributed by atoms with E-state index in [0.717, 1.165) is 19.4 Å². The summed E-state index contributed by atoms with van der Waals surface area (Å²) in [5.41, 5.74) is 1.25. The molecule has 3 heteroatoms. The number of piperidine rings is 1. The third kappa shape index (κ3) is 2.50. The average Bonchev–Trinajstić information content (AvgIpc) is 2.49. The second kappa shape index (κ2) is 5.80. The Balaban J connectivity index is 1.82. The van der Waals surface area contributed by atoms with E-state index >= 15 is 0 Å². The van der Waals surface area contributed by atoms with Crippen LogP contribution in [0.4, 0.5) is 0 Å². The Morgan fingerprint density at radius 3 is 2.70 bits per heavy atom. The zero-order valence-corrected chi connectivity index (χ0v) is 11.9. The lowest BCUT2D eigenvalue weighted by Gasteiger charge is -2.46. The maximum Gasteiger partial charge on any atom is 0.323 e. The summed E-state index contributed by atoms with van der Waals surface area (Å²) in [7, 11) is 0. The van der Waals surface area contributed by atoms with Crippen LogP contribution in [0.5, 0.6) is 0 Å². The van der Waals surface area contributed by atoms with Gasteiger partial charge in [0.25, 0.3) is 0 Å². The first-order chi connectivity index (χ1) is 9.79. The van der Waals surface area contributed by atoms with E-state index in [9.17, 15) is 4.79 Å². The number of hydrogen-bond acceptors (Lipinski definition) is 3. The molecular formula is C17H21NO2. The number of fused-ring (bicyclic) bond motifs is 2. The van der Waals surface area contributed by atoms with Crippen LogP contribution in [0.2, 0.25) is 0 Å². The van der Waals surface area contributed by atoms with Gasteiger partial charge in [-0.15, -0.1) is 0 Å². The Kier molecular flexibility index (Phi) is 3.88. The molecular weight excluding hydrogens is 250 g/mol. The van der Waals surface area contributed by atoms with E-state index in [1.165, 1.54) is 5.56 Å². The second-order valence-corrected chi connectivity index (χ2v) is 5.55. The zero-order chi connectivity index (χ0) is 13.9. The van der Waals surface area contributed by atoms with Crippen molar-refractivity contribution >= 4 is 5.97 Å². The number of esters is 1. The first-order valence-corrected chi connectivity index (χ1v) is 7.44. The number of benzene rings is 1. The fraction of sp³-hybridized carbons (Fsp3) is 0.471. The Morgan fingerprint density at radius 2 is 2.05 bits per heavy atom. The summed E-state index contributed by atoms with van der Waals surface area (Å²) >= 11 is 0.